The zero-order chi connectivity index (χ0) is 13.1. The second-order valence-electron chi connectivity index (χ2n) is 6.65. The zero-order valence-corrected chi connectivity index (χ0v) is 12.7. The fourth-order valence-electron chi connectivity index (χ4n) is 4.09. The largest absolute Gasteiger partial charge is 0.375 e. The monoisotopic (exact) mass is 282 g/mol. The van der Waals surface area contributed by atoms with Gasteiger partial charge in [0.25, 0.3) is 0 Å². The average Bonchev–Trinajstić information content (AvgIpc) is 2.93. The molecule has 0 bridgehead atoms. The summed E-state index contributed by atoms with van der Waals surface area (Å²) < 4.78 is 6.12. The van der Waals surface area contributed by atoms with E-state index in [1.165, 1.54) is 37.2 Å². The molecule has 1 unspecified atom stereocenters. The van der Waals surface area contributed by atoms with Crippen LogP contribution in [0.3, 0.4) is 0 Å². The highest BCUT2D eigenvalue weighted by atomic mass is 32.2. The van der Waals surface area contributed by atoms with Crippen LogP contribution in [0.15, 0.2) is 0 Å². The lowest BCUT2D eigenvalue weighted by atomic mass is 9.78. The van der Waals surface area contributed by atoms with Crippen molar-refractivity contribution >= 4 is 17.5 Å². The van der Waals surface area contributed by atoms with E-state index in [1.807, 2.05) is 0 Å². The minimum absolute atomic E-state index is 0.143. The van der Waals surface area contributed by atoms with Gasteiger partial charge in [-0.25, -0.2) is 0 Å². The Morgan fingerprint density at radius 3 is 2.63 bits per heavy atom. The van der Waals surface area contributed by atoms with Gasteiger partial charge in [0.15, 0.2) is 0 Å². The summed E-state index contributed by atoms with van der Waals surface area (Å²) in [6.07, 6.45) is 10.3. The Morgan fingerprint density at radius 2 is 1.89 bits per heavy atom. The molecule has 2 heterocycles. The summed E-state index contributed by atoms with van der Waals surface area (Å²) in [5, 5.41) is 0. The van der Waals surface area contributed by atoms with Crippen molar-refractivity contribution in [3.05, 3.63) is 0 Å². The highest BCUT2D eigenvalue weighted by Gasteiger charge is 2.39. The molecule has 1 aliphatic carbocycles. The lowest BCUT2D eigenvalue weighted by Crippen LogP contribution is -2.43. The van der Waals surface area contributed by atoms with Gasteiger partial charge in [0.2, 0.25) is 0 Å². The van der Waals surface area contributed by atoms with E-state index >= 15 is 0 Å². The fourth-order valence-corrected chi connectivity index (χ4v) is 5.33. The first-order valence-electron chi connectivity index (χ1n) is 8.02. The molecule has 1 atom stereocenters. The Kier molecular flexibility index (Phi) is 4.53. The Bertz CT molecular complexity index is 311. The number of carbonyl (C=O) groups is 1. The summed E-state index contributed by atoms with van der Waals surface area (Å²) in [4.78, 5) is 12.3. The third-order valence-corrected chi connectivity index (χ3v) is 6.29. The number of Topliss-reactive ketones (excluding diaryl/α,β-unsaturated/α-hetero) is 1. The lowest BCUT2D eigenvalue weighted by molar-refractivity contribution is -0.129. The van der Waals surface area contributed by atoms with Crippen LogP contribution in [0.4, 0.5) is 0 Å². The topological polar surface area (TPSA) is 26.3 Å². The number of thioether (sulfide) groups is 1. The number of rotatable bonds is 3. The summed E-state index contributed by atoms with van der Waals surface area (Å²) in [6.45, 7) is 0.882. The van der Waals surface area contributed by atoms with Gasteiger partial charge in [0, 0.05) is 18.9 Å². The Morgan fingerprint density at radius 1 is 1.16 bits per heavy atom. The molecule has 2 nitrogen and oxygen atoms in total. The van der Waals surface area contributed by atoms with Crippen LogP contribution in [0, 0.1) is 11.8 Å². The van der Waals surface area contributed by atoms with Crippen LogP contribution >= 0.6 is 11.8 Å². The van der Waals surface area contributed by atoms with Crippen molar-refractivity contribution in [2.45, 2.75) is 63.4 Å². The second kappa shape index (κ2) is 6.17. The first-order valence-corrected chi connectivity index (χ1v) is 9.17. The molecule has 19 heavy (non-hydrogen) atoms. The Labute approximate surface area is 121 Å². The van der Waals surface area contributed by atoms with Crippen LogP contribution in [-0.2, 0) is 9.53 Å². The predicted molar refractivity (Wildman–Crippen MR) is 79.5 cm³/mol. The SMILES string of the molecule is O=C(CC1CCOC2(CCSCC2)C1)C1CCCC1. The lowest BCUT2D eigenvalue weighted by Gasteiger charge is -2.43. The van der Waals surface area contributed by atoms with Crippen molar-refractivity contribution in [3.63, 3.8) is 0 Å². The molecule has 3 heteroatoms. The summed E-state index contributed by atoms with van der Waals surface area (Å²) in [6, 6.07) is 0. The summed E-state index contributed by atoms with van der Waals surface area (Å²) in [7, 11) is 0. The average molecular weight is 282 g/mol. The first kappa shape index (κ1) is 13.9. The molecule has 0 aromatic heterocycles. The van der Waals surface area contributed by atoms with Crippen LogP contribution < -0.4 is 0 Å². The van der Waals surface area contributed by atoms with Crippen molar-refractivity contribution in [1.29, 1.82) is 0 Å². The summed E-state index contributed by atoms with van der Waals surface area (Å²) in [5.41, 5.74) is 0.143. The number of ketones is 1. The molecule has 0 amide bonds. The van der Waals surface area contributed by atoms with Gasteiger partial charge in [-0.3, -0.25) is 4.79 Å². The summed E-state index contributed by atoms with van der Waals surface area (Å²) in [5.74, 6) is 4.04. The van der Waals surface area contributed by atoms with E-state index in [1.54, 1.807) is 0 Å². The van der Waals surface area contributed by atoms with Crippen LogP contribution in [0.5, 0.6) is 0 Å². The highest BCUT2D eigenvalue weighted by Crippen LogP contribution is 2.41. The molecule has 0 aromatic carbocycles. The minimum Gasteiger partial charge on any atom is -0.375 e. The molecule has 0 radical (unpaired) electrons. The number of ether oxygens (including phenoxy) is 1. The highest BCUT2D eigenvalue weighted by molar-refractivity contribution is 7.99. The van der Waals surface area contributed by atoms with Crippen molar-refractivity contribution in [2.24, 2.45) is 11.8 Å². The molecule has 108 valence electrons. The van der Waals surface area contributed by atoms with Gasteiger partial charge < -0.3 is 4.74 Å². The van der Waals surface area contributed by atoms with Crippen molar-refractivity contribution in [1.82, 2.24) is 0 Å². The first-order chi connectivity index (χ1) is 9.27. The predicted octanol–water partition coefficient (Wildman–Crippen LogP) is 3.83. The number of hydrogen-bond donors (Lipinski definition) is 0. The van der Waals surface area contributed by atoms with Crippen LogP contribution in [0.25, 0.3) is 0 Å². The molecule has 0 N–H and O–H groups in total. The second-order valence-corrected chi connectivity index (χ2v) is 7.88. The molecular weight excluding hydrogens is 256 g/mol. The molecule has 3 aliphatic rings. The minimum atomic E-state index is 0.143. The van der Waals surface area contributed by atoms with E-state index < -0.39 is 0 Å². The van der Waals surface area contributed by atoms with E-state index in [2.05, 4.69) is 11.8 Å². The van der Waals surface area contributed by atoms with E-state index in [9.17, 15) is 4.79 Å². The smallest absolute Gasteiger partial charge is 0.136 e. The van der Waals surface area contributed by atoms with E-state index in [0.29, 0.717) is 17.6 Å². The molecule has 1 spiro atoms. The van der Waals surface area contributed by atoms with Gasteiger partial charge >= 0.3 is 0 Å². The van der Waals surface area contributed by atoms with Crippen molar-refractivity contribution in [3.8, 4) is 0 Å². The van der Waals surface area contributed by atoms with Gasteiger partial charge in [-0.05, 0) is 55.9 Å². The van der Waals surface area contributed by atoms with Gasteiger partial charge in [-0.1, -0.05) is 12.8 Å². The molecule has 2 aliphatic heterocycles. The van der Waals surface area contributed by atoms with Crippen LogP contribution in [0.1, 0.15) is 57.8 Å². The van der Waals surface area contributed by atoms with E-state index in [-0.39, 0.29) is 5.60 Å². The van der Waals surface area contributed by atoms with Crippen molar-refractivity contribution in [2.75, 3.05) is 18.1 Å². The van der Waals surface area contributed by atoms with Crippen LogP contribution in [0.2, 0.25) is 0 Å². The standard InChI is InChI=1S/C16H26O2S/c17-15(14-3-1-2-4-14)11-13-5-8-18-16(12-13)6-9-19-10-7-16/h13-14H,1-12H2. The van der Waals surface area contributed by atoms with Gasteiger partial charge in [0.1, 0.15) is 5.78 Å². The van der Waals surface area contributed by atoms with E-state index in [0.717, 1.165) is 38.7 Å². The van der Waals surface area contributed by atoms with Gasteiger partial charge in [-0.15, -0.1) is 0 Å². The molecule has 3 rings (SSSR count). The molecule has 1 saturated carbocycles. The number of carbonyl (C=O) groups excluding carboxylic acids is 1. The molecular formula is C16H26O2S. The van der Waals surface area contributed by atoms with Gasteiger partial charge in [0.05, 0.1) is 5.60 Å². The molecule has 3 fully saturated rings. The third-order valence-electron chi connectivity index (χ3n) is 5.30. The fraction of sp³-hybridized carbons (Fsp3) is 0.938. The van der Waals surface area contributed by atoms with E-state index in [4.69, 9.17) is 4.74 Å². The Balaban J connectivity index is 1.54. The maximum atomic E-state index is 12.3. The maximum absolute atomic E-state index is 12.3. The van der Waals surface area contributed by atoms with Gasteiger partial charge in [-0.2, -0.15) is 11.8 Å². The van der Waals surface area contributed by atoms with Crippen molar-refractivity contribution < 1.29 is 9.53 Å². The molecule has 2 saturated heterocycles. The number of hydrogen-bond acceptors (Lipinski definition) is 3. The molecule has 0 aromatic rings. The Hall–Kier alpha value is -0.0200. The van der Waals surface area contributed by atoms with Crippen LogP contribution in [-0.4, -0.2) is 29.5 Å². The summed E-state index contributed by atoms with van der Waals surface area (Å²) >= 11 is 2.05. The quantitative estimate of drug-likeness (QED) is 0.787. The zero-order valence-electron chi connectivity index (χ0n) is 11.9. The normalized spacial score (nSPS) is 31.7. The maximum Gasteiger partial charge on any atom is 0.136 e. The third kappa shape index (κ3) is 3.36.